The van der Waals surface area contributed by atoms with Crippen molar-refractivity contribution in [2.45, 2.75) is 12.8 Å². The number of anilines is 1. The van der Waals surface area contributed by atoms with Gasteiger partial charge in [-0.2, -0.15) is 0 Å². The lowest BCUT2D eigenvalue weighted by Crippen LogP contribution is -2.41. The van der Waals surface area contributed by atoms with Crippen LogP contribution in [0.1, 0.15) is 12.8 Å². The van der Waals surface area contributed by atoms with Gasteiger partial charge >= 0.3 is 0 Å². The highest BCUT2D eigenvalue weighted by molar-refractivity contribution is 5.89. The fourth-order valence-electron chi connectivity index (χ4n) is 2.67. The van der Waals surface area contributed by atoms with Crippen LogP contribution in [0.25, 0.3) is 10.9 Å². The van der Waals surface area contributed by atoms with Gasteiger partial charge in [0.25, 0.3) is 0 Å². The maximum absolute atomic E-state index is 7.62. The lowest BCUT2D eigenvalue weighted by molar-refractivity contribution is 0.501. The second-order valence-corrected chi connectivity index (χ2v) is 4.95. The number of nitrogens with one attached hydrogen (secondary N) is 1. The molecule has 0 bridgehead atoms. The van der Waals surface area contributed by atoms with Crippen LogP contribution in [0.3, 0.4) is 0 Å². The summed E-state index contributed by atoms with van der Waals surface area (Å²) in [6, 6.07) is 8.02. The Bertz CT molecular complexity index is 604. The van der Waals surface area contributed by atoms with Gasteiger partial charge in [0.05, 0.1) is 11.4 Å². The van der Waals surface area contributed by atoms with E-state index < -0.39 is 0 Å². The van der Waals surface area contributed by atoms with Crippen LogP contribution in [0.5, 0.6) is 0 Å². The number of hydrogen-bond acceptors (Lipinski definition) is 4. The van der Waals surface area contributed by atoms with Crippen molar-refractivity contribution in [2.24, 2.45) is 11.7 Å². The van der Waals surface area contributed by atoms with Gasteiger partial charge in [0.1, 0.15) is 12.1 Å². The highest BCUT2D eigenvalue weighted by Gasteiger charge is 2.23. The molecule has 0 aliphatic carbocycles. The van der Waals surface area contributed by atoms with Crippen molar-refractivity contribution in [1.29, 1.82) is 5.41 Å². The summed E-state index contributed by atoms with van der Waals surface area (Å²) in [4.78, 5) is 10.9. The van der Waals surface area contributed by atoms with Crippen molar-refractivity contribution in [1.82, 2.24) is 9.97 Å². The van der Waals surface area contributed by atoms with Gasteiger partial charge in [-0.05, 0) is 25.0 Å². The summed E-state index contributed by atoms with van der Waals surface area (Å²) in [6.07, 6.45) is 3.65. The molecule has 1 aliphatic rings. The highest BCUT2D eigenvalue weighted by atomic mass is 15.2. The van der Waals surface area contributed by atoms with E-state index in [9.17, 15) is 0 Å². The standard InChI is InChI=1S/C14H17N5/c15-13(16)10-4-3-7-19(8-10)14-11-5-1-2-6-12(11)17-9-18-14/h1-2,5-6,9-10H,3-4,7-8H2,(H3,15,16). The van der Waals surface area contributed by atoms with Crippen molar-refractivity contribution in [2.75, 3.05) is 18.0 Å². The van der Waals surface area contributed by atoms with Crippen LogP contribution < -0.4 is 10.6 Å². The minimum Gasteiger partial charge on any atom is -0.387 e. The molecule has 2 aromatic rings. The minimum absolute atomic E-state index is 0.141. The first-order valence-electron chi connectivity index (χ1n) is 6.54. The zero-order chi connectivity index (χ0) is 13.2. The number of rotatable bonds is 2. The maximum atomic E-state index is 7.62. The molecule has 98 valence electrons. The number of fused-ring (bicyclic) bond motifs is 1. The topological polar surface area (TPSA) is 78.9 Å². The summed E-state index contributed by atoms with van der Waals surface area (Å²) in [5.74, 6) is 1.38. The predicted molar refractivity (Wildman–Crippen MR) is 76.4 cm³/mol. The van der Waals surface area contributed by atoms with Crippen molar-refractivity contribution in [3.8, 4) is 0 Å². The molecule has 0 saturated carbocycles. The highest BCUT2D eigenvalue weighted by Crippen LogP contribution is 2.27. The first-order valence-corrected chi connectivity index (χ1v) is 6.54. The Labute approximate surface area is 112 Å². The molecule has 19 heavy (non-hydrogen) atoms. The molecule has 1 aliphatic heterocycles. The van der Waals surface area contributed by atoms with E-state index >= 15 is 0 Å². The van der Waals surface area contributed by atoms with Gasteiger partial charge in [-0.15, -0.1) is 0 Å². The van der Waals surface area contributed by atoms with E-state index in [4.69, 9.17) is 11.1 Å². The molecular weight excluding hydrogens is 238 g/mol. The molecule has 5 nitrogen and oxygen atoms in total. The molecule has 1 saturated heterocycles. The van der Waals surface area contributed by atoms with E-state index in [1.165, 1.54) is 0 Å². The molecule has 3 rings (SSSR count). The van der Waals surface area contributed by atoms with Crippen LogP contribution in [0.15, 0.2) is 30.6 Å². The third kappa shape index (κ3) is 2.23. The number of para-hydroxylation sites is 1. The third-order valence-corrected chi connectivity index (χ3v) is 3.68. The fraction of sp³-hybridized carbons (Fsp3) is 0.357. The molecule has 1 aromatic carbocycles. The average Bonchev–Trinajstić information content (AvgIpc) is 2.47. The van der Waals surface area contributed by atoms with E-state index in [0.717, 1.165) is 42.7 Å². The Morgan fingerprint density at radius 1 is 1.32 bits per heavy atom. The Kier molecular flexibility index (Phi) is 3.03. The van der Waals surface area contributed by atoms with Crippen LogP contribution in [0.2, 0.25) is 0 Å². The third-order valence-electron chi connectivity index (χ3n) is 3.68. The van der Waals surface area contributed by atoms with Gasteiger partial charge in [-0.1, -0.05) is 12.1 Å². The molecule has 0 spiro atoms. The number of aromatic nitrogens is 2. The monoisotopic (exact) mass is 255 g/mol. The fourth-order valence-corrected chi connectivity index (χ4v) is 2.67. The zero-order valence-electron chi connectivity index (χ0n) is 10.7. The Morgan fingerprint density at radius 3 is 3.00 bits per heavy atom. The van der Waals surface area contributed by atoms with Gasteiger partial charge in [0, 0.05) is 24.4 Å². The van der Waals surface area contributed by atoms with Crippen molar-refractivity contribution in [3.63, 3.8) is 0 Å². The summed E-state index contributed by atoms with van der Waals surface area (Å²) >= 11 is 0. The first-order chi connectivity index (χ1) is 9.25. The number of nitrogens with zero attached hydrogens (tertiary/aromatic N) is 3. The van der Waals surface area contributed by atoms with Gasteiger partial charge in [-0.25, -0.2) is 9.97 Å². The van der Waals surface area contributed by atoms with Crippen molar-refractivity contribution in [3.05, 3.63) is 30.6 Å². The summed E-state index contributed by atoms with van der Waals surface area (Å²) in [5, 5.41) is 8.69. The largest absolute Gasteiger partial charge is 0.387 e. The molecule has 0 amide bonds. The molecule has 1 unspecified atom stereocenters. The quantitative estimate of drug-likeness (QED) is 0.633. The molecule has 3 N–H and O–H groups in total. The molecule has 5 heteroatoms. The number of piperidine rings is 1. The smallest absolute Gasteiger partial charge is 0.139 e. The summed E-state index contributed by atoms with van der Waals surface area (Å²) < 4.78 is 0. The normalized spacial score (nSPS) is 19.6. The van der Waals surface area contributed by atoms with E-state index in [0.29, 0.717) is 0 Å². The van der Waals surface area contributed by atoms with E-state index in [-0.39, 0.29) is 11.8 Å². The lowest BCUT2D eigenvalue weighted by atomic mass is 9.97. The van der Waals surface area contributed by atoms with E-state index in [2.05, 4.69) is 14.9 Å². The lowest BCUT2D eigenvalue weighted by Gasteiger charge is -2.33. The molecular formula is C14H17N5. The number of hydrogen-bond donors (Lipinski definition) is 2. The van der Waals surface area contributed by atoms with Crippen LogP contribution in [0, 0.1) is 11.3 Å². The summed E-state index contributed by atoms with van der Waals surface area (Å²) in [7, 11) is 0. The summed E-state index contributed by atoms with van der Waals surface area (Å²) in [5.41, 5.74) is 6.60. The number of amidine groups is 1. The van der Waals surface area contributed by atoms with Gasteiger partial charge in [0.15, 0.2) is 0 Å². The molecule has 0 radical (unpaired) electrons. The van der Waals surface area contributed by atoms with Crippen molar-refractivity contribution < 1.29 is 0 Å². The summed E-state index contributed by atoms with van der Waals surface area (Å²) in [6.45, 7) is 1.74. The second kappa shape index (κ2) is 4.84. The SMILES string of the molecule is N=C(N)C1CCCN(c2ncnc3ccccc23)C1. The molecule has 1 aromatic heterocycles. The maximum Gasteiger partial charge on any atom is 0.139 e. The van der Waals surface area contributed by atoms with Crippen LogP contribution >= 0.6 is 0 Å². The van der Waals surface area contributed by atoms with Gasteiger partial charge < -0.3 is 10.6 Å². The Morgan fingerprint density at radius 2 is 2.16 bits per heavy atom. The first kappa shape index (κ1) is 11.9. The Balaban J connectivity index is 1.97. The van der Waals surface area contributed by atoms with Crippen molar-refractivity contribution >= 4 is 22.6 Å². The van der Waals surface area contributed by atoms with Gasteiger partial charge in [0.2, 0.25) is 0 Å². The van der Waals surface area contributed by atoms with Crippen LogP contribution in [-0.2, 0) is 0 Å². The number of nitrogens with two attached hydrogens (primary N) is 1. The average molecular weight is 255 g/mol. The van der Waals surface area contributed by atoms with Gasteiger partial charge in [-0.3, -0.25) is 5.41 Å². The zero-order valence-corrected chi connectivity index (χ0v) is 10.7. The minimum atomic E-state index is 0.141. The number of benzene rings is 1. The van der Waals surface area contributed by atoms with E-state index in [1.54, 1.807) is 6.33 Å². The Hall–Kier alpha value is -2.17. The van der Waals surface area contributed by atoms with E-state index in [1.807, 2.05) is 24.3 Å². The predicted octanol–water partition coefficient (Wildman–Crippen LogP) is 1.78. The van der Waals surface area contributed by atoms with Crippen LogP contribution in [0.4, 0.5) is 5.82 Å². The molecule has 1 fully saturated rings. The van der Waals surface area contributed by atoms with Crippen LogP contribution in [-0.4, -0.2) is 28.9 Å². The molecule has 1 atom stereocenters. The second-order valence-electron chi connectivity index (χ2n) is 4.95. The molecule has 2 heterocycles.